The van der Waals surface area contributed by atoms with E-state index in [1.807, 2.05) is 6.92 Å². The van der Waals surface area contributed by atoms with Gasteiger partial charge in [0.1, 0.15) is 5.03 Å². The third-order valence-electron chi connectivity index (χ3n) is 3.47. The summed E-state index contributed by atoms with van der Waals surface area (Å²) in [4.78, 5) is 16.6. The molecular formula is C16H15NO2S. The molecule has 3 rings (SSSR count). The van der Waals surface area contributed by atoms with Gasteiger partial charge in [0.2, 0.25) is 0 Å². The molecule has 2 aromatic rings. The maximum absolute atomic E-state index is 11.1. The predicted molar refractivity (Wildman–Crippen MR) is 78.5 cm³/mol. The summed E-state index contributed by atoms with van der Waals surface area (Å²) in [5.41, 5.74) is 3.88. The van der Waals surface area contributed by atoms with Gasteiger partial charge in [-0.1, -0.05) is 17.8 Å². The molecule has 1 aliphatic rings. The van der Waals surface area contributed by atoms with E-state index in [9.17, 15) is 4.79 Å². The second kappa shape index (κ2) is 5.29. The van der Waals surface area contributed by atoms with Crippen molar-refractivity contribution < 1.29 is 9.90 Å². The van der Waals surface area contributed by atoms with Crippen molar-refractivity contribution in [3.05, 3.63) is 52.7 Å². The number of hydrogen-bond acceptors (Lipinski definition) is 3. The number of carboxylic acid groups (broad SMARTS) is 1. The first-order chi connectivity index (χ1) is 9.61. The molecule has 3 nitrogen and oxygen atoms in total. The molecule has 0 spiro atoms. The highest BCUT2D eigenvalue weighted by molar-refractivity contribution is 7.99. The minimum atomic E-state index is -0.911. The van der Waals surface area contributed by atoms with Crippen LogP contribution in [0.1, 0.15) is 33.6 Å². The minimum absolute atomic E-state index is 0.293. The van der Waals surface area contributed by atoms with Crippen LogP contribution in [-0.2, 0) is 12.8 Å². The third-order valence-corrected chi connectivity index (χ3v) is 4.38. The highest BCUT2D eigenvalue weighted by atomic mass is 32.2. The van der Waals surface area contributed by atoms with Crippen molar-refractivity contribution in [3.63, 3.8) is 0 Å². The summed E-state index contributed by atoms with van der Waals surface area (Å²) in [5, 5.41) is 9.83. The Kier molecular flexibility index (Phi) is 3.49. The fourth-order valence-corrected chi connectivity index (χ4v) is 3.50. The Hall–Kier alpha value is -1.81. The van der Waals surface area contributed by atoms with E-state index in [2.05, 4.69) is 23.2 Å². The molecule has 0 fully saturated rings. The lowest BCUT2D eigenvalue weighted by atomic mass is 10.1. The fraction of sp³-hybridized carbons (Fsp3) is 0.250. The molecule has 1 heterocycles. The number of hydrogen-bond donors (Lipinski definition) is 1. The van der Waals surface area contributed by atoms with Crippen LogP contribution in [0.15, 0.2) is 40.3 Å². The van der Waals surface area contributed by atoms with Gasteiger partial charge in [-0.15, -0.1) is 0 Å². The lowest BCUT2D eigenvalue weighted by Crippen LogP contribution is -1.99. The summed E-state index contributed by atoms with van der Waals surface area (Å²) in [6, 6.07) is 9.71. The van der Waals surface area contributed by atoms with Gasteiger partial charge in [-0.2, -0.15) is 0 Å². The van der Waals surface area contributed by atoms with Crippen LogP contribution in [0, 0.1) is 6.92 Å². The monoisotopic (exact) mass is 285 g/mol. The lowest BCUT2D eigenvalue weighted by Gasteiger charge is -2.06. The maximum atomic E-state index is 11.1. The van der Waals surface area contributed by atoms with E-state index in [1.165, 1.54) is 35.7 Å². The van der Waals surface area contributed by atoms with E-state index in [1.54, 1.807) is 12.1 Å². The molecule has 0 bridgehead atoms. The Morgan fingerprint density at radius 1 is 1.20 bits per heavy atom. The molecule has 20 heavy (non-hydrogen) atoms. The molecule has 0 saturated carbocycles. The summed E-state index contributed by atoms with van der Waals surface area (Å²) in [5.74, 6) is -0.911. The zero-order chi connectivity index (χ0) is 14.1. The second-order valence-corrected chi connectivity index (χ2v) is 6.12. The van der Waals surface area contributed by atoms with Crippen molar-refractivity contribution >= 4 is 17.7 Å². The predicted octanol–water partition coefficient (Wildman–Crippen LogP) is 3.73. The maximum Gasteiger partial charge on any atom is 0.335 e. The van der Waals surface area contributed by atoms with Gasteiger partial charge in [-0.25, -0.2) is 9.78 Å². The highest BCUT2D eigenvalue weighted by Crippen LogP contribution is 2.31. The highest BCUT2D eigenvalue weighted by Gasteiger charge is 2.12. The van der Waals surface area contributed by atoms with Crippen LogP contribution < -0.4 is 0 Å². The fourth-order valence-electron chi connectivity index (χ4n) is 2.55. The van der Waals surface area contributed by atoms with Crippen LogP contribution in [0.25, 0.3) is 0 Å². The molecule has 4 heteroatoms. The average Bonchev–Trinajstić information content (AvgIpc) is 2.85. The third kappa shape index (κ3) is 2.70. The summed E-state index contributed by atoms with van der Waals surface area (Å²) in [6.07, 6.45) is 3.55. The summed E-state index contributed by atoms with van der Waals surface area (Å²) < 4.78 is 0. The van der Waals surface area contributed by atoms with Crippen LogP contribution >= 0.6 is 11.8 Å². The van der Waals surface area contributed by atoms with Gasteiger partial charge in [0.25, 0.3) is 0 Å². The Labute approximate surface area is 122 Å². The largest absolute Gasteiger partial charge is 0.478 e. The summed E-state index contributed by atoms with van der Waals surface area (Å²) >= 11 is 1.52. The van der Waals surface area contributed by atoms with Crippen LogP contribution in [0.3, 0.4) is 0 Å². The molecule has 0 amide bonds. The molecule has 102 valence electrons. The molecule has 0 unspecified atom stereocenters. The van der Waals surface area contributed by atoms with Crippen molar-refractivity contribution in [1.29, 1.82) is 0 Å². The van der Waals surface area contributed by atoms with Gasteiger partial charge in [0.05, 0.1) is 5.56 Å². The Balaban J connectivity index is 1.89. The number of carboxylic acids is 1. The Morgan fingerprint density at radius 2 is 2.00 bits per heavy atom. The van der Waals surface area contributed by atoms with Crippen LogP contribution in [0.4, 0.5) is 0 Å². The standard InChI is InChI=1S/C16H15NO2S/c1-10-7-13(16(18)19)9-15(17-10)20-14-6-5-11-3-2-4-12(11)8-14/h5-9H,2-4H2,1H3,(H,18,19). The molecule has 1 N–H and O–H groups in total. The number of fused-ring (bicyclic) bond motifs is 1. The Morgan fingerprint density at radius 3 is 2.80 bits per heavy atom. The molecule has 0 aliphatic heterocycles. The lowest BCUT2D eigenvalue weighted by molar-refractivity contribution is 0.0696. The summed E-state index contributed by atoms with van der Waals surface area (Å²) in [6.45, 7) is 1.82. The first-order valence-electron chi connectivity index (χ1n) is 6.63. The van der Waals surface area contributed by atoms with E-state index in [4.69, 9.17) is 5.11 Å². The van der Waals surface area contributed by atoms with Gasteiger partial charge in [-0.3, -0.25) is 0 Å². The van der Waals surface area contributed by atoms with Crippen molar-refractivity contribution in [2.45, 2.75) is 36.1 Å². The molecule has 0 saturated heterocycles. The first-order valence-corrected chi connectivity index (χ1v) is 7.45. The zero-order valence-electron chi connectivity index (χ0n) is 11.2. The number of rotatable bonds is 3. The molecule has 0 radical (unpaired) electrons. The van der Waals surface area contributed by atoms with Crippen LogP contribution in [-0.4, -0.2) is 16.1 Å². The number of aromatic nitrogens is 1. The van der Waals surface area contributed by atoms with E-state index in [-0.39, 0.29) is 0 Å². The van der Waals surface area contributed by atoms with Gasteiger partial charge >= 0.3 is 5.97 Å². The van der Waals surface area contributed by atoms with E-state index >= 15 is 0 Å². The molecule has 0 atom stereocenters. The van der Waals surface area contributed by atoms with E-state index < -0.39 is 5.97 Å². The summed E-state index contributed by atoms with van der Waals surface area (Å²) in [7, 11) is 0. The number of aryl methyl sites for hydroxylation is 3. The van der Waals surface area contributed by atoms with Crippen LogP contribution in [0.5, 0.6) is 0 Å². The van der Waals surface area contributed by atoms with Crippen LogP contribution in [0.2, 0.25) is 0 Å². The molecule has 1 aliphatic carbocycles. The van der Waals surface area contributed by atoms with E-state index in [0.717, 1.165) is 22.0 Å². The number of pyridine rings is 1. The number of aromatic carboxylic acids is 1. The van der Waals surface area contributed by atoms with Crippen molar-refractivity contribution in [2.75, 3.05) is 0 Å². The van der Waals surface area contributed by atoms with Crippen molar-refractivity contribution in [1.82, 2.24) is 4.98 Å². The molecular weight excluding hydrogens is 270 g/mol. The first kappa shape index (κ1) is 13.2. The SMILES string of the molecule is Cc1cc(C(=O)O)cc(Sc2ccc3c(c2)CCC3)n1. The second-order valence-electron chi connectivity index (χ2n) is 5.03. The van der Waals surface area contributed by atoms with Crippen molar-refractivity contribution in [2.24, 2.45) is 0 Å². The quantitative estimate of drug-likeness (QED) is 0.933. The minimum Gasteiger partial charge on any atom is -0.478 e. The normalized spacial score (nSPS) is 13.2. The van der Waals surface area contributed by atoms with Gasteiger partial charge in [-0.05, 0) is 61.6 Å². The number of benzene rings is 1. The smallest absolute Gasteiger partial charge is 0.335 e. The van der Waals surface area contributed by atoms with Crippen molar-refractivity contribution in [3.8, 4) is 0 Å². The molecule has 1 aromatic heterocycles. The molecule has 1 aromatic carbocycles. The zero-order valence-corrected chi connectivity index (χ0v) is 12.0. The average molecular weight is 285 g/mol. The van der Waals surface area contributed by atoms with E-state index in [0.29, 0.717) is 5.56 Å². The topological polar surface area (TPSA) is 50.2 Å². The van der Waals surface area contributed by atoms with Gasteiger partial charge in [0, 0.05) is 10.6 Å². The van der Waals surface area contributed by atoms with Gasteiger partial charge in [0.15, 0.2) is 0 Å². The Bertz CT molecular complexity index is 682. The van der Waals surface area contributed by atoms with Gasteiger partial charge < -0.3 is 5.11 Å². The number of nitrogens with zero attached hydrogens (tertiary/aromatic N) is 1. The number of carbonyl (C=O) groups is 1.